The molecule has 1 N–H and O–H groups in total. The van der Waals surface area contributed by atoms with E-state index in [4.69, 9.17) is 25.8 Å². The molecule has 0 saturated carbocycles. The van der Waals surface area contributed by atoms with E-state index in [1.165, 1.54) is 6.08 Å². The fourth-order valence-corrected chi connectivity index (χ4v) is 3.13. The highest BCUT2D eigenvalue weighted by Crippen LogP contribution is 2.28. The molecule has 3 aromatic carbocycles. The first-order chi connectivity index (χ1) is 16.4. The van der Waals surface area contributed by atoms with E-state index >= 15 is 0 Å². The van der Waals surface area contributed by atoms with Gasteiger partial charge in [0.05, 0.1) is 13.2 Å². The van der Waals surface area contributed by atoms with Crippen LogP contribution >= 0.6 is 11.6 Å². The number of hydrogen-bond donors (Lipinski definition) is 1. The number of rotatable bonds is 9. The Labute approximate surface area is 204 Å². The van der Waals surface area contributed by atoms with Crippen LogP contribution in [0.25, 0.3) is 6.08 Å². The molecule has 0 aliphatic rings. The van der Waals surface area contributed by atoms with E-state index in [0.717, 1.165) is 5.56 Å². The number of anilines is 1. The van der Waals surface area contributed by atoms with Crippen molar-refractivity contribution >= 4 is 29.3 Å². The topological polar surface area (TPSA) is 80.6 Å². The van der Waals surface area contributed by atoms with Crippen molar-refractivity contribution in [1.82, 2.24) is 0 Å². The highest BCUT2D eigenvalue weighted by atomic mass is 35.5. The predicted molar refractivity (Wildman–Crippen MR) is 133 cm³/mol. The fraction of sp³-hybridized carbons (Fsp3) is 0.185. The van der Waals surface area contributed by atoms with Crippen molar-refractivity contribution in [1.29, 1.82) is 5.26 Å². The average Bonchev–Trinajstić information content (AvgIpc) is 2.83. The number of hydrogen-bond acceptors (Lipinski definition) is 5. The van der Waals surface area contributed by atoms with Gasteiger partial charge in [0.1, 0.15) is 35.5 Å². The van der Waals surface area contributed by atoms with Gasteiger partial charge in [-0.1, -0.05) is 23.7 Å². The number of benzene rings is 3. The largest absolute Gasteiger partial charge is 0.497 e. The first-order valence-electron chi connectivity index (χ1n) is 10.6. The first-order valence-corrected chi connectivity index (χ1v) is 11.0. The molecule has 0 aliphatic heterocycles. The molecule has 0 atom stereocenters. The van der Waals surface area contributed by atoms with Gasteiger partial charge in [-0.25, -0.2) is 0 Å². The minimum atomic E-state index is -0.524. The van der Waals surface area contributed by atoms with Crippen LogP contribution in [0.15, 0.2) is 72.3 Å². The number of nitrogens with zero attached hydrogens (tertiary/aromatic N) is 1. The highest BCUT2D eigenvalue weighted by Gasteiger charge is 2.13. The number of nitriles is 1. The lowest BCUT2D eigenvalue weighted by atomic mass is 10.1. The van der Waals surface area contributed by atoms with Crippen LogP contribution in [0.5, 0.6) is 17.2 Å². The molecule has 0 aromatic heterocycles. The van der Waals surface area contributed by atoms with E-state index in [-0.39, 0.29) is 11.7 Å². The molecule has 3 aromatic rings. The maximum atomic E-state index is 12.7. The third kappa shape index (κ3) is 7.03. The zero-order valence-electron chi connectivity index (χ0n) is 19.2. The Morgan fingerprint density at radius 3 is 2.35 bits per heavy atom. The molecular weight excluding hydrogens is 452 g/mol. The maximum absolute atomic E-state index is 12.7. The molecule has 0 heterocycles. The van der Waals surface area contributed by atoms with Gasteiger partial charge in [-0.2, -0.15) is 5.26 Å². The second kappa shape index (κ2) is 11.8. The van der Waals surface area contributed by atoms with Crippen molar-refractivity contribution < 1.29 is 19.0 Å². The molecule has 0 aliphatic carbocycles. The van der Waals surface area contributed by atoms with Gasteiger partial charge in [0.15, 0.2) is 0 Å². The summed E-state index contributed by atoms with van der Waals surface area (Å²) in [7, 11) is 1.56. The molecule has 0 fully saturated rings. The van der Waals surface area contributed by atoms with Crippen molar-refractivity contribution in [3.05, 3.63) is 88.5 Å². The summed E-state index contributed by atoms with van der Waals surface area (Å²) in [5.41, 5.74) is 2.08. The van der Waals surface area contributed by atoms with E-state index in [0.29, 0.717) is 40.1 Å². The molecule has 0 radical (unpaired) electrons. The lowest BCUT2D eigenvalue weighted by Gasteiger charge is -2.14. The van der Waals surface area contributed by atoms with Crippen LogP contribution in [-0.4, -0.2) is 19.1 Å². The molecule has 0 bridgehead atoms. The molecular formula is C27H25ClN2O4. The van der Waals surface area contributed by atoms with Crippen molar-refractivity contribution in [3.63, 3.8) is 0 Å². The lowest BCUT2D eigenvalue weighted by molar-refractivity contribution is -0.112. The molecule has 1 amide bonds. The van der Waals surface area contributed by atoms with Crippen molar-refractivity contribution in [3.8, 4) is 23.3 Å². The van der Waals surface area contributed by atoms with E-state index in [9.17, 15) is 10.1 Å². The Balaban J connectivity index is 1.68. The summed E-state index contributed by atoms with van der Waals surface area (Å²) < 4.78 is 16.8. The maximum Gasteiger partial charge on any atom is 0.266 e. The monoisotopic (exact) mass is 476 g/mol. The van der Waals surface area contributed by atoms with Crippen LogP contribution in [0.1, 0.15) is 25.0 Å². The Morgan fingerprint density at radius 2 is 1.74 bits per heavy atom. The Hall–Kier alpha value is -3.95. The standard InChI is InChI=1S/C27H25ClN2O4/c1-18(2)34-26-15-25(32-3)11-6-20(26)14-21(16-29)27(31)30-23-9-12-24(13-10-23)33-17-19-4-7-22(28)8-5-19/h4-15,18H,17H2,1-3H3,(H,30,31)/b21-14+. The van der Waals surface area contributed by atoms with Gasteiger partial charge in [0.25, 0.3) is 5.91 Å². The zero-order chi connectivity index (χ0) is 24.5. The quantitative estimate of drug-likeness (QED) is 0.291. The molecule has 6 nitrogen and oxygen atoms in total. The van der Waals surface area contributed by atoms with Gasteiger partial charge in [-0.3, -0.25) is 4.79 Å². The van der Waals surface area contributed by atoms with Crippen molar-refractivity contribution in [2.24, 2.45) is 0 Å². The van der Waals surface area contributed by atoms with Gasteiger partial charge < -0.3 is 19.5 Å². The molecule has 7 heteroatoms. The summed E-state index contributed by atoms with van der Waals surface area (Å²) in [6, 6.07) is 21.5. The molecule has 34 heavy (non-hydrogen) atoms. The molecule has 0 saturated heterocycles. The molecule has 0 unspecified atom stereocenters. The zero-order valence-corrected chi connectivity index (χ0v) is 19.9. The summed E-state index contributed by atoms with van der Waals surface area (Å²) in [5, 5.41) is 13.0. The van der Waals surface area contributed by atoms with E-state index in [1.807, 2.05) is 44.2 Å². The average molecular weight is 477 g/mol. The van der Waals surface area contributed by atoms with Gasteiger partial charge in [-0.15, -0.1) is 0 Å². The minimum Gasteiger partial charge on any atom is -0.497 e. The SMILES string of the molecule is COc1ccc(/C=C(\C#N)C(=O)Nc2ccc(OCc3ccc(Cl)cc3)cc2)c(OC(C)C)c1. The molecule has 0 spiro atoms. The number of nitrogens with one attached hydrogen (secondary N) is 1. The van der Waals surface area contributed by atoms with E-state index in [2.05, 4.69) is 5.32 Å². The lowest BCUT2D eigenvalue weighted by Crippen LogP contribution is -2.13. The molecule has 3 rings (SSSR count). The van der Waals surface area contributed by atoms with Gasteiger partial charge in [0, 0.05) is 22.3 Å². The number of amides is 1. The van der Waals surface area contributed by atoms with Gasteiger partial charge in [0.2, 0.25) is 0 Å². The Bertz CT molecular complexity index is 1200. The van der Waals surface area contributed by atoms with Crippen LogP contribution < -0.4 is 19.5 Å². The van der Waals surface area contributed by atoms with Crippen molar-refractivity contribution in [2.45, 2.75) is 26.6 Å². The van der Waals surface area contributed by atoms with Gasteiger partial charge in [-0.05, 0) is 74.0 Å². The number of carbonyl (C=O) groups excluding carboxylic acids is 1. The Morgan fingerprint density at radius 1 is 1.06 bits per heavy atom. The van der Waals surface area contributed by atoms with Crippen LogP contribution in [-0.2, 0) is 11.4 Å². The fourth-order valence-electron chi connectivity index (χ4n) is 3.00. The number of halogens is 1. The van der Waals surface area contributed by atoms with Crippen LogP contribution in [0, 0.1) is 11.3 Å². The third-order valence-corrected chi connectivity index (χ3v) is 4.93. The highest BCUT2D eigenvalue weighted by molar-refractivity contribution is 6.30. The second-order valence-corrected chi connectivity index (χ2v) is 8.07. The van der Waals surface area contributed by atoms with E-state index < -0.39 is 5.91 Å². The van der Waals surface area contributed by atoms with Crippen molar-refractivity contribution in [2.75, 3.05) is 12.4 Å². The van der Waals surface area contributed by atoms with Crippen LogP contribution in [0.3, 0.4) is 0 Å². The van der Waals surface area contributed by atoms with Crippen LogP contribution in [0.2, 0.25) is 5.02 Å². The van der Waals surface area contributed by atoms with Gasteiger partial charge >= 0.3 is 0 Å². The number of ether oxygens (including phenoxy) is 3. The summed E-state index contributed by atoms with van der Waals surface area (Å²) >= 11 is 5.89. The third-order valence-electron chi connectivity index (χ3n) is 4.68. The predicted octanol–water partition coefficient (Wildman–Crippen LogP) is 6.26. The summed E-state index contributed by atoms with van der Waals surface area (Å²) in [5.74, 6) is 1.27. The summed E-state index contributed by atoms with van der Waals surface area (Å²) in [6.45, 7) is 4.19. The first kappa shape index (κ1) is 24.7. The van der Waals surface area contributed by atoms with E-state index in [1.54, 1.807) is 49.6 Å². The Kier molecular flexibility index (Phi) is 8.55. The number of methoxy groups -OCH3 is 1. The summed E-state index contributed by atoms with van der Waals surface area (Å²) in [6.07, 6.45) is 1.41. The number of carbonyl (C=O) groups is 1. The normalized spacial score (nSPS) is 11.0. The smallest absolute Gasteiger partial charge is 0.266 e. The van der Waals surface area contributed by atoms with Crippen LogP contribution in [0.4, 0.5) is 5.69 Å². The minimum absolute atomic E-state index is 0.0539. The molecule has 174 valence electrons. The summed E-state index contributed by atoms with van der Waals surface area (Å²) in [4.78, 5) is 12.7. The second-order valence-electron chi connectivity index (χ2n) is 7.63.